The first-order valence-corrected chi connectivity index (χ1v) is 7.10. The second-order valence-electron chi connectivity index (χ2n) is 5.11. The van der Waals surface area contributed by atoms with Crippen LogP contribution in [0.3, 0.4) is 0 Å². The van der Waals surface area contributed by atoms with Gasteiger partial charge in [-0.1, -0.05) is 44.9 Å². The molecule has 0 bridgehead atoms. The van der Waals surface area contributed by atoms with Crippen LogP contribution in [-0.2, 0) is 6.54 Å². The van der Waals surface area contributed by atoms with Gasteiger partial charge in [-0.3, -0.25) is 0 Å². The normalized spacial score (nSPS) is 12.4. The smallest absolute Gasteiger partial charge is 0.123 e. The molecule has 1 N–H and O–H groups in total. The van der Waals surface area contributed by atoms with E-state index in [1.807, 2.05) is 0 Å². The zero-order valence-electron chi connectivity index (χ0n) is 12.3. The molecule has 0 aliphatic carbocycles. The Balaban J connectivity index is 2.63. The van der Waals surface area contributed by atoms with E-state index in [1.54, 1.807) is 0 Å². The number of nitrogens with one attached hydrogen (secondary N) is 1. The molecule has 1 rings (SSSR count). The van der Waals surface area contributed by atoms with E-state index in [1.165, 1.54) is 11.1 Å². The van der Waals surface area contributed by atoms with E-state index in [4.69, 9.17) is 4.74 Å². The highest BCUT2D eigenvalue weighted by molar-refractivity contribution is 5.36. The van der Waals surface area contributed by atoms with Crippen LogP contribution in [0.2, 0.25) is 0 Å². The van der Waals surface area contributed by atoms with Gasteiger partial charge in [-0.05, 0) is 31.9 Å². The van der Waals surface area contributed by atoms with Crippen LogP contribution in [0, 0.1) is 12.8 Å². The number of rotatable bonds is 8. The van der Waals surface area contributed by atoms with E-state index in [2.05, 4.69) is 51.2 Å². The predicted molar refractivity (Wildman–Crippen MR) is 78.1 cm³/mol. The SMILES string of the molecule is CCCNCc1cc(C)ccc1OCC(C)CC. The highest BCUT2D eigenvalue weighted by atomic mass is 16.5. The molecule has 1 aromatic carbocycles. The molecule has 102 valence electrons. The Labute approximate surface area is 112 Å². The summed E-state index contributed by atoms with van der Waals surface area (Å²) >= 11 is 0. The Bertz CT molecular complexity index is 349. The molecule has 2 heteroatoms. The van der Waals surface area contributed by atoms with Gasteiger partial charge in [0, 0.05) is 12.1 Å². The summed E-state index contributed by atoms with van der Waals surface area (Å²) in [7, 11) is 0. The second-order valence-corrected chi connectivity index (χ2v) is 5.11. The summed E-state index contributed by atoms with van der Waals surface area (Å²) < 4.78 is 5.94. The first kappa shape index (κ1) is 15.0. The number of ether oxygens (including phenoxy) is 1. The van der Waals surface area contributed by atoms with Crippen LogP contribution in [0.15, 0.2) is 18.2 Å². The first-order chi connectivity index (χ1) is 8.67. The molecule has 1 aromatic rings. The fourth-order valence-corrected chi connectivity index (χ4v) is 1.74. The average molecular weight is 249 g/mol. The maximum atomic E-state index is 5.94. The van der Waals surface area contributed by atoms with Crippen LogP contribution in [0.25, 0.3) is 0 Å². The topological polar surface area (TPSA) is 21.3 Å². The zero-order valence-corrected chi connectivity index (χ0v) is 12.3. The van der Waals surface area contributed by atoms with Gasteiger partial charge in [0.2, 0.25) is 0 Å². The largest absolute Gasteiger partial charge is 0.493 e. The first-order valence-electron chi connectivity index (χ1n) is 7.10. The van der Waals surface area contributed by atoms with Gasteiger partial charge in [-0.15, -0.1) is 0 Å². The quantitative estimate of drug-likeness (QED) is 0.705. The van der Waals surface area contributed by atoms with Gasteiger partial charge in [0.25, 0.3) is 0 Å². The average Bonchev–Trinajstić information content (AvgIpc) is 2.37. The Morgan fingerprint density at radius 3 is 2.72 bits per heavy atom. The highest BCUT2D eigenvalue weighted by Crippen LogP contribution is 2.21. The molecule has 0 aromatic heterocycles. The van der Waals surface area contributed by atoms with Crippen LogP contribution in [0.4, 0.5) is 0 Å². The lowest BCUT2D eigenvalue weighted by molar-refractivity contribution is 0.254. The molecule has 0 saturated carbocycles. The summed E-state index contributed by atoms with van der Waals surface area (Å²) in [5.74, 6) is 1.65. The summed E-state index contributed by atoms with van der Waals surface area (Å²) in [6.07, 6.45) is 2.32. The van der Waals surface area contributed by atoms with Crippen molar-refractivity contribution in [1.29, 1.82) is 0 Å². The standard InChI is InChI=1S/C16H27NO/c1-5-9-17-11-15-10-14(4)7-8-16(15)18-12-13(3)6-2/h7-8,10,13,17H,5-6,9,11-12H2,1-4H3. The predicted octanol–water partition coefficient (Wildman–Crippen LogP) is 3.92. The summed E-state index contributed by atoms with van der Waals surface area (Å²) in [4.78, 5) is 0. The molecule has 0 fully saturated rings. The molecule has 2 nitrogen and oxygen atoms in total. The molecule has 0 heterocycles. The van der Waals surface area contributed by atoms with Gasteiger partial charge < -0.3 is 10.1 Å². The molecule has 0 aliphatic rings. The molecule has 0 amide bonds. The molecule has 1 unspecified atom stereocenters. The van der Waals surface area contributed by atoms with Crippen molar-refractivity contribution in [2.75, 3.05) is 13.2 Å². The van der Waals surface area contributed by atoms with Gasteiger partial charge >= 0.3 is 0 Å². The third-order valence-corrected chi connectivity index (χ3v) is 3.18. The minimum Gasteiger partial charge on any atom is -0.493 e. The van der Waals surface area contributed by atoms with Crippen LogP contribution in [0.1, 0.15) is 44.7 Å². The van der Waals surface area contributed by atoms with E-state index in [9.17, 15) is 0 Å². The summed E-state index contributed by atoms with van der Waals surface area (Å²) in [6, 6.07) is 6.44. The van der Waals surface area contributed by atoms with E-state index in [0.717, 1.165) is 38.3 Å². The second kappa shape index (κ2) is 8.15. The van der Waals surface area contributed by atoms with E-state index >= 15 is 0 Å². The van der Waals surface area contributed by atoms with Crippen molar-refractivity contribution in [2.45, 2.75) is 47.1 Å². The van der Waals surface area contributed by atoms with E-state index in [-0.39, 0.29) is 0 Å². The van der Waals surface area contributed by atoms with Crippen LogP contribution in [0.5, 0.6) is 5.75 Å². The lowest BCUT2D eigenvalue weighted by atomic mass is 10.1. The lowest BCUT2D eigenvalue weighted by Gasteiger charge is -2.15. The maximum Gasteiger partial charge on any atom is 0.123 e. The Hall–Kier alpha value is -1.02. The molecular weight excluding hydrogens is 222 g/mol. The Kier molecular flexibility index (Phi) is 6.81. The number of hydrogen-bond acceptors (Lipinski definition) is 2. The van der Waals surface area contributed by atoms with Gasteiger partial charge in [-0.25, -0.2) is 0 Å². The fourth-order valence-electron chi connectivity index (χ4n) is 1.74. The maximum absolute atomic E-state index is 5.94. The van der Waals surface area contributed by atoms with Crippen LogP contribution < -0.4 is 10.1 Å². The van der Waals surface area contributed by atoms with Gasteiger partial charge in [-0.2, -0.15) is 0 Å². The van der Waals surface area contributed by atoms with Gasteiger partial charge in [0.15, 0.2) is 0 Å². The van der Waals surface area contributed by atoms with Crippen LogP contribution >= 0.6 is 0 Å². The number of benzene rings is 1. The van der Waals surface area contributed by atoms with Gasteiger partial charge in [0.05, 0.1) is 6.61 Å². The lowest BCUT2D eigenvalue weighted by Crippen LogP contribution is -2.16. The Morgan fingerprint density at radius 1 is 1.28 bits per heavy atom. The minimum absolute atomic E-state index is 0.614. The molecule has 0 aliphatic heterocycles. The van der Waals surface area contributed by atoms with Crippen molar-refractivity contribution in [3.8, 4) is 5.75 Å². The summed E-state index contributed by atoms with van der Waals surface area (Å²) in [6.45, 7) is 11.5. The third kappa shape index (κ3) is 5.09. The van der Waals surface area contributed by atoms with Gasteiger partial charge in [0.1, 0.15) is 5.75 Å². The van der Waals surface area contributed by atoms with E-state index in [0.29, 0.717) is 5.92 Å². The molecule has 1 atom stereocenters. The summed E-state index contributed by atoms with van der Waals surface area (Å²) in [5, 5.41) is 3.44. The van der Waals surface area contributed by atoms with E-state index < -0.39 is 0 Å². The monoisotopic (exact) mass is 249 g/mol. The fraction of sp³-hybridized carbons (Fsp3) is 0.625. The van der Waals surface area contributed by atoms with Crippen molar-refractivity contribution in [1.82, 2.24) is 5.32 Å². The zero-order chi connectivity index (χ0) is 13.4. The molecule has 0 radical (unpaired) electrons. The highest BCUT2D eigenvalue weighted by Gasteiger charge is 2.06. The van der Waals surface area contributed by atoms with Crippen molar-refractivity contribution in [3.63, 3.8) is 0 Å². The minimum atomic E-state index is 0.614. The Morgan fingerprint density at radius 2 is 2.06 bits per heavy atom. The van der Waals surface area contributed by atoms with Crippen molar-refractivity contribution >= 4 is 0 Å². The van der Waals surface area contributed by atoms with Crippen molar-refractivity contribution in [3.05, 3.63) is 29.3 Å². The molecular formula is C16H27NO. The van der Waals surface area contributed by atoms with Crippen molar-refractivity contribution < 1.29 is 4.74 Å². The molecule has 18 heavy (non-hydrogen) atoms. The molecule has 0 spiro atoms. The van der Waals surface area contributed by atoms with Crippen LogP contribution in [-0.4, -0.2) is 13.2 Å². The number of aryl methyl sites for hydroxylation is 1. The summed E-state index contributed by atoms with van der Waals surface area (Å²) in [5.41, 5.74) is 2.56. The molecule has 0 saturated heterocycles. The third-order valence-electron chi connectivity index (χ3n) is 3.18. The number of hydrogen-bond donors (Lipinski definition) is 1. The van der Waals surface area contributed by atoms with Crippen molar-refractivity contribution in [2.24, 2.45) is 5.92 Å².